The molecule has 0 aliphatic carbocycles. The normalized spacial score (nSPS) is 16.2. The van der Waals surface area contributed by atoms with Gasteiger partial charge in [-0.2, -0.15) is 0 Å². The van der Waals surface area contributed by atoms with Crippen LogP contribution >= 0.6 is 0 Å². The van der Waals surface area contributed by atoms with Crippen molar-refractivity contribution >= 4 is 27.6 Å². The second kappa shape index (κ2) is 11.6. The molecule has 0 spiro atoms. The fourth-order valence-corrected chi connectivity index (χ4v) is 20.4. The van der Waals surface area contributed by atoms with Crippen LogP contribution in [0.25, 0.3) is 0 Å². The summed E-state index contributed by atoms with van der Waals surface area (Å²) in [5, 5.41) is 0. The molecule has 1 heterocycles. The average molecular weight is 465 g/mol. The Balaban J connectivity index is 2.19. The number of rotatable bonds is 11. The summed E-state index contributed by atoms with van der Waals surface area (Å²) in [6.07, 6.45) is 8.42. The molecule has 1 aromatic rings. The number of benzene rings is 1. The molecule has 1 aromatic carbocycles. The number of unbranched alkanes of at least 4 members (excludes halogenated alkanes) is 3. The van der Waals surface area contributed by atoms with Crippen molar-refractivity contribution in [2.24, 2.45) is 0 Å². The molecule has 0 N–H and O–H groups in total. The molecule has 0 amide bonds. The van der Waals surface area contributed by atoms with Gasteiger partial charge in [-0.1, -0.05) is 0 Å². The van der Waals surface area contributed by atoms with Crippen molar-refractivity contribution in [3.8, 4) is 0 Å². The van der Waals surface area contributed by atoms with Crippen molar-refractivity contribution < 1.29 is 0 Å². The maximum absolute atomic E-state index is 2.57. The molecule has 2 rings (SSSR count). The number of anilines is 1. The molecule has 26 heavy (non-hydrogen) atoms. The molecule has 1 aliphatic rings. The molecule has 3 heteroatoms. The van der Waals surface area contributed by atoms with Crippen LogP contribution in [0.5, 0.6) is 0 Å². The second-order valence-electron chi connectivity index (χ2n) is 8.43. The van der Waals surface area contributed by atoms with Crippen molar-refractivity contribution in [1.82, 2.24) is 4.90 Å². The van der Waals surface area contributed by atoms with Crippen molar-refractivity contribution in [2.45, 2.75) is 72.6 Å². The van der Waals surface area contributed by atoms with Gasteiger partial charge in [0.2, 0.25) is 0 Å². The molecule has 148 valence electrons. The number of hydrogen-bond acceptors (Lipinski definition) is 2. The van der Waals surface area contributed by atoms with E-state index in [0.29, 0.717) is 0 Å². The van der Waals surface area contributed by atoms with E-state index in [4.69, 9.17) is 0 Å². The van der Waals surface area contributed by atoms with Gasteiger partial charge in [0.05, 0.1) is 0 Å². The van der Waals surface area contributed by atoms with Crippen LogP contribution < -0.4 is 8.48 Å². The predicted molar refractivity (Wildman–Crippen MR) is 121 cm³/mol. The van der Waals surface area contributed by atoms with Gasteiger partial charge >= 0.3 is 168 Å². The Hall–Kier alpha value is -0.221. The molecule has 0 atom stereocenters. The van der Waals surface area contributed by atoms with Gasteiger partial charge in [-0.05, 0) is 0 Å². The summed E-state index contributed by atoms with van der Waals surface area (Å²) in [4.78, 5) is 5.01. The van der Waals surface area contributed by atoms with Gasteiger partial charge in [0.1, 0.15) is 0 Å². The Morgan fingerprint density at radius 2 is 1.19 bits per heavy atom. The molecule has 1 saturated heterocycles. The fraction of sp³-hybridized carbons (Fsp3) is 0.739. The van der Waals surface area contributed by atoms with E-state index in [1.54, 1.807) is 13.3 Å². The molecule has 2 nitrogen and oxygen atoms in total. The van der Waals surface area contributed by atoms with Gasteiger partial charge in [0.15, 0.2) is 0 Å². The van der Waals surface area contributed by atoms with Crippen LogP contribution in [-0.2, 0) is 0 Å². The van der Waals surface area contributed by atoms with Crippen LogP contribution in [0.3, 0.4) is 0 Å². The first-order valence-electron chi connectivity index (χ1n) is 11.2. The average Bonchev–Trinajstić information content (AvgIpc) is 2.68. The van der Waals surface area contributed by atoms with E-state index in [1.165, 1.54) is 70.4 Å². The molecule has 0 unspecified atom stereocenters. The van der Waals surface area contributed by atoms with Gasteiger partial charge in [-0.25, -0.2) is 0 Å². The van der Waals surface area contributed by atoms with Crippen molar-refractivity contribution in [2.75, 3.05) is 38.1 Å². The molecule has 1 fully saturated rings. The molecular weight excluding hydrogens is 423 g/mol. The van der Waals surface area contributed by atoms with Crippen LogP contribution in [0.1, 0.15) is 59.3 Å². The van der Waals surface area contributed by atoms with Crippen LogP contribution in [0, 0.1) is 0 Å². The monoisotopic (exact) mass is 466 g/mol. The van der Waals surface area contributed by atoms with E-state index in [9.17, 15) is 0 Å². The van der Waals surface area contributed by atoms with Crippen molar-refractivity contribution in [3.05, 3.63) is 24.3 Å². The number of likely N-dealkylation sites (N-methyl/N-ethyl adjacent to an activating group) is 1. The van der Waals surface area contributed by atoms with Crippen molar-refractivity contribution in [1.29, 1.82) is 0 Å². The Bertz CT molecular complexity index is 470. The third-order valence-electron chi connectivity index (χ3n) is 6.37. The second-order valence-corrected chi connectivity index (χ2v) is 21.7. The molecule has 0 radical (unpaired) electrons. The van der Waals surface area contributed by atoms with Gasteiger partial charge in [0, 0.05) is 0 Å². The zero-order valence-corrected chi connectivity index (χ0v) is 20.8. The fourth-order valence-electron chi connectivity index (χ4n) is 4.44. The van der Waals surface area contributed by atoms with E-state index in [0.717, 1.165) is 0 Å². The van der Waals surface area contributed by atoms with E-state index in [2.05, 4.69) is 61.9 Å². The first-order valence-corrected chi connectivity index (χ1v) is 18.7. The van der Waals surface area contributed by atoms with Gasteiger partial charge in [-0.15, -0.1) is 0 Å². The van der Waals surface area contributed by atoms with Crippen LogP contribution in [-0.4, -0.2) is 56.5 Å². The molecule has 0 bridgehead atoms. The zero-order chi connectivity index (χ0) is 18.8. The van der Waals surface area contributed by atoms with Gasteiger partial charge in [-0.3, -0.25) is 0 Å². The summed E-state index contributed by atoms with van der Waals surface area (Å²) in [5.41, 5.74) is 1.45. The minimum atomic E-state index is -2.24. The van der Waals surface area contributed by atoms with Crippen LogP contribution in [0.4, 0.5) is 5.69 Å². The van der Waals surface area contributed by atoms with E-state index < -0.39 is 18.4 Å². The summed E-state index contributed by atoms with van der Waals surface area (Å²) < 4.78 is 6.52. The molecule has 0 aromatic heterocycles. The summed E-state index contributed by atoms with van der Waals surface area (Å²) in [6.45, 7) is 11.8. The quantitative estimate of drug-likeness (QED) is 0.399. The number of piperazine rings is 1. The SMILES string of the molecule is CCC[CH2][Sn]([CH2]CCC)([CH2]CCC)[c]1ccc(N2CCN(C)CC2)cc1. The first-order chi connectivity index (χ1) is 12.6. The van der Waals surface area contributed by atoms with Crippen LogP contribution in [0.15, 0.2) is 24.3 Å². The Morgan fingerprint density at radius 3 is 1.62 bits per heavy atom. The number of nitrogens with zero attached hydrogens (tertiary/aromatic N) is 2. The number of hydrogen-bond donors (Lipinski definition) is 0. The van der Waals surface area contributed by atoms with E-state index in [-0.39, 0.29) is 0 Å². The van der Waals surface area contributed by atoms with Crippen molar-refractivity contribution in [3.63, 3.8) is 0 Å². The summed E-state index contributed by atoms with van der Waals surface area (Å²) in [6, 6.07) is 10.0. The first kappa shape index (κ1) is 22.1. The minimum absolute atomic E-state index is 1.17. The third-order valence-corrected chi connectivity index (χ3v) is 22.0. The molecule has 0 saturated carbocycles. The van der Waals surface area contributed by atoms with E-state index in [1.807, 2.05) is 3.58 Å². The standard InChI is InChI=1S/C11H15N2.3C4H9.Sn/c1-12-7-9-13(10-8-12)11-5-3-2-4-6-11;3*1-3-4-2;/h3-6H,7-10H2,1H3;3*1,3-4H2,2H3;. The Morgan fingerprint density at radius 1 is 0.731 bits per heavy atom. The topological polar surface area (TPSA) is 6.48 Å². The summed E-state index contributed by atoms with van der Waals surface area (Å²) >= 11 is -2.24. The molecular formula is C23H42N2Sn. The Kier molecular flexibility index (Phi) is 9.83. The summed E-state index contributed by atoms with van der Waals surface area (Å²) in [7, 11) is 2.23. The Labute approximate surface area is 167 Å². The predicted octanol–water partition coefficient (Wildman–Crippen LogP) is 5.49. The molecule has 1 aliphatic heterocycles. The maximum atomic E-state index is 2.57. The van der Waals surface area contributed by atoms with Crippen LogP contribution in [0.2, 0.25) is 13.3 Å². The zero-order valence-electron chi connectivity index (χ0n) is 17.9. The summed E-state index contributed by atoms with van der Waals surface area (Å²) in [5.74, 6) is 0. The third kappa shape index (κ3) is 6.15. The van der Waals surface area contributed by atoms with Gasteiger partial charge < -0.3 is 0 Å². The van der Waals surface area contributed by atoms with Gasteiger partial charge in [0.25, 0.3) is 0 Å². The van der Waals surface area contributed by atoms with E-state index >= 15 is 0 Å².